The molecule has 1 N–H and O–H groups in total. The highest BCUT2D eigenvalue weighted by atomic mass is 16.5. The summed E-state index contributed by atoms with van der Waals surface area (Å²) < 4.78 is 6.49. The average Bonchev–Trinajstić information content (AvgIpc) is 2.67. The lowest BCUT2D eigenvalue weighted by molar-refractivity contribution is 0.162. The molecule has 2 heteroatoms. The van der Waals surface area contributed by atoms with Gasteiger partial charge in [-0.1, -0.05) is 59.7 Å². The normalized spacial score (nSPS) is 21.9. The van der Waals surface area contributed by atoms with Crippen LogP contribution in [0.3, 0.4) is 0 Å². The van der Waals surface area contributed by atoms with Crippen molar-refractivity contribution in [3.8, 4) is 5.75 Å². The standard InChI is InChI=1S/C22H25NO/c1-3-10-18(11-4-1)22(24-19-12-5-2-6-13-19)21-20-14-8-7-9-17(20)15-16-23-21/h1-6,10-13,21-23H,7-9,14-16H2. The van der Waals surface area contributed by atoms with Crippen LogP contribution in [-0.4, -0.2) is 12.6 Å². The summed E-state index contributed by atoms with van der Waals surface area (Å²) in [7, 11) is 0. The third-order valence-electron chi connectivity index (χ3n) is 5.23. The smallest absolute Gasteiger partial charge is 0.143 e. The predicted molar refractivity (Wildman–Crippen MR) is 98.2 cm³/mol. The fourth-order valence-corrected chi connectivity index (χ4v) is 4.06. The van der Waals surface area contributed by atoms with Crippen molar-refractivity contribution < 1.29 is 4.74 Å². The second kappa shape index (κ2) is 7.23. The lowest BCUT2D eigenvalue weighted by Crippen LogP contribution is -2.43. The first-order valence-corrected chi connectivity index (χ1v) is 9.12. The van der Waals surface area contributed by atoms with Gasteiger partial charge in [0.1, 0.15) is 11.9 Å². The number of nitrogens with one attached hydrogen (secondary N) is 1. The van der Waals surface area contributed by atoms with Gasteiger partial charge >= 0.3 is 0 Å². The Morgan fingerprint density at radius 3 is 2.33 bits per heavy atom. The van der Waals surface area contributed by atoms with Gasteiger partial charge in [0, 0.05) is 0 Å². The van der Waals surface area contributed by atoms with Crippen LogP contribution in [0, 0.1) is 0 Å². The Morgan fingerprint density at radius 2 is 1.54 bits per heavy atom. The van der Waals surface area contributed by atoms with Crippen molar-refractivity contribution in [1.82, 2.24) is 5.32 Å². The van der Waals surface area contributed by atoms with Crippen molar-refractivity contribution in [2.45, 2.75) is 44.2 Å². The van der Waals surface area contributed by atoms with Gasteiger partial charge < -0.3 is 10.1 Å². The van der Waals surface area contributed by atoms with Gasteiger partial charge in [-0.05, 0) is 56.3 Å². The summed E-state index contributed by atoms with van der Waals surface area (Å²) in [6.45, 7) is 1.06. The van der Waals surface area contributed by atoms with Crippen LogP contribution >= 0.6 is 0 Å². The van der Waals surface area contributed by atoms with E-state index in [0.717, 1.165) is 12.3 Å². The summed E-state index contributed by atoms with van der Waals surface area (Å²) in [4.78, 5) is 0. The molecule has 0 bridgehead atoms. The van der Waals surface area contributed by atoms with Gasteiger partial charge in [-0.25, -0.2) is 0 Å². The average molecular weight is 319 g/mol. The van der Waals surface area contributed by atoms with E-state index in [2.05, 4.69) is 47.8 Å². The number of rotatable bonds is 4. The van der Waals surface area contributed by atoms with Crippen molar-refractivity contribution in [3.05, 3.63) is 77.4 Å². The van der Waals surface area contributed by atoms with E-state index in [9.17, 15) is 0 Å². The maximum atomic E-state index is 6.49. The van der Waals surface area contributed by atoms with Crippen molar-refractivity contribution in [1.29, 1.82) is 0 Å². The monoisotopic (exact) mass is 319 g/mol. The number of hydrogen-bond acceptors (Lipinski definition) is 2. The van der Waals surface area contributed by atoms with Crippen molar-refractivity contribution >= 4 is 0 Å². The molecule has 0 saturated carbocycles. The predicted octanol–water partition coefficient (Wildman–Crippen LogP) is 5.04. The first kappa shape index (κ1) is 15.5. The van der Waals surface area contributed by atoms with E-state index in [4.69, 9.17) is 4.74 Å². The van der Waals surface area contributed by atoms with Gasteiger partial charge in [-0.15, -0.1) is 0 Å². The Labute approximate surface area is 144 Å². The number of ether oxygens (including phenoxy) is 1. The molecule has 4 rings (SSSR count). The van der Waals surface area contributed by atoms with Crippen LogP contribution in [0.15, 0.2) is 71.8 Å². The Bertz CT molecular complexity index is 688. The second-order valence-corrected chi connectivity index (χ2v) is 6.78. The van der Waals surface area contributed by atoms with Gasteiger partial charge in [0.05, 0.1) is 6.04 Å². The minimum absolute atomic E-state index is 0.0250. The SMILES string of the molecule is c1ccc(OC(c2ccccc2)C2NCCC3=C2CCCC3)cc1. The van der Waals surface area contributed by atoms with Gasteiger partial charge in [-0.2, -0.15) is 0 Å². The van der Waals surface area contributed by atoms with Crippen LogP contribution in [0.5, 0.6) is 5.75 Å². The highest BCUT2D eigenvalue weighted by Crippen LogP contribution is 2.37. The molecule has 0 amide bonds. The molecule has 0 radical (unpaired) electrons. The Morgan fingerprint density at radius 1 is 0.833 bits per heavy atom. The third kappa shape index (κ3) is 3.25. The van der Waals surface area contributed by atoms with Crippen LogP contribution in [-0.2, 0) is 0 Å². The molecule has 2 aromatic rings. The van der Waals surface area contributed by atoms with E-state index in [0.29, 0.717) is 0 Å². The molecular weight excluding hydrogens is 294 g/mol. The maximum Gasteiger partial charge on any atom is 0.143 e. The Kier molecular flexibility index (Phi) is 4.66. The van der Waals surface area contributed by atoms with Crippen molar-refractivity contribution in [2.24, 2.45) is 0 Å². The zero-order chi connectivity index (χ0) is 16.2. The summed E-state index contributed by atoms with van der Waals surface area (Å²) in [5, 5.41) is 3.75. The van der Waals surface area contributed by atoms with E-state index in [1.165, 1.54) is 37.7 Å². The molecule has 2 nitrogen and oxygen atoms in total. The summed E-state index contributed by atoms with van der Waals surface area (Å²) >= 11 is 0. The third-order valence-corrected chi connectivity index (χ3v) is 5.23. The largest absolute Gasteiger partial charge is 0.484 e. The molecule has 2 aromatic carbocycles. The molecule has 0 aromatic heterocycles. The summed E-state index contributed by atoms with van der Waals surface area (Å²) in [5.74, 6) is 0.941. The van der Waals surface area contributed by atoms with E-state index in [-0.39, 0.29) is 12.1 Å². The van der Waals surface area contributed by atoms with Crippen molar-refractivity contribution in [2.75, 3.05) is 6.54 Å². The first-order valence-electron chi connectivity index (χ1n) is 9.12. The minimum Gasteiger partial charge on any atom is -0.484 e. The number of hydrogen-bond donors (Lipinski definition) is 1. The van der Waals surface area contributed by atoms with E-state index >= 15 is 0 Å². The molecule has 2 unspecified atom stereocenters. The molecule has 0 spiro atoms. The molecule has 0 saturated heterocycles. The van der Waals surface area contributed by atoms with Crippen LogP contribution in [0.2, 0.25) is 0 Å². The van der Waals surface area contributed by atoms with Crippen LogP contribution in [0.1, 0.15) is 43.8 Å². The molecule has 124 valence electrons. The molecule has 2 atom stereocenters. The number of para-hydroxylation sites is 1. The van der Waals surface area contributed by atoms with E-state index in [1.807, 2.05) is 18.2 Å². The molecule has 0 fully saturated rings. The zero-order valence-electron chi connectivity index (χ0n) is 14.1. The van der Waals surface area contributed by atoms with E-state index < -0.39 is 0 Å². The van der Waals surface area contributed by atoms with Gasteiger partial charge in [-0.3, -0.25) is 0 Å². The van der Waals surface area contributed by atoms with Gasteiger partial charge in [0.2, 0.25) is 0 Å². The highest BCUT2D eigenvalue weighted by molar-refractivity contribution is 5.33. The van der Waals surface area contributed by atoms with E-state index in [1.54, 1.807) is 11.1 Å². The van der Waals surface area contributed by atoms with Crippen molar-refractivity contribution in [3.63, 3.8) is 0 Å². The second-order valence-electron chi connectivity index (χ2n) is 6.78. The zero-order valence-corrected chi connectivity index (χ0v) is 14.1. The minimum atomic E-state index is 0.0250. The van der Waals surface area contributed by atoms with Crippen LogP contribution < -0.4 is 10.1 Å². The van der Waals surface area contributed by atoms with Gasteiger partial charge in [0.15, 0.2) is 0 Å². The number of benzene rings is 2. The van der Waals surface area contributed by atoms with Crippen LogP contribution in [0.4, 0.5) is 0 Å². The molecule has 1 aliphatic heterocycles. The Balaban J connectivity index is 1.69. The van der Waals surface area contributed by atoms with Gasteiger partial charge in [0.25, 0.3) is 0 Å². The summed E-state index contributed by atoms with van der Waals surface area (Å²) in [6.07, 6.45) is 6.38. The quantitative estimate of drug-likeness (QED) is 0.797. The fourth-order valence-electron chi connectivity index (χ4n) is 4.06. The molecule has 24 heavy (non-hydrogen) atoms. The highest BCUT2D eigenvalue weighted by Gasteiger charge is 2.33. The molecule has 2 aliphatic rings. The lowest BCUT2D eigenvalue weighted by atomic mass is 9.80. The molecular formula is C22H25NO. The van der Waals surface area contributed by atoms with Crippen LogP contribution in [0.25, 0.3) is 0 Å². The Hall–Kier alpha value is -2.06. The lowest BCUT2D eigenvalue weighted by Gasteiger charge is -2.37. The molecule has 1 heterocycles. The summed E-state index contributed by atoms with van der Waals surface area (Å²) in [6, 6.07) is 21.2. The molecule has 1 aliphatic carbocycles. The maximum absolute atomic E-state index is 6.49. The fraction of sp³-hybridized carbons (Fsp3) is 0.364. The first-order chi connectivity index (χ1) is 11.9. The topological polar surface area (TPSA) is 21.3 Å². The summed E-state index contributed by atoms with van der Waals surface area (Å²) in [5.41, 5.74) is 4.54.